The molecule has 23 heavy (non-hydrogen) atoms. The molecule has 1 N–H and O–H groups in total. The highest BCUT2D eigenvalue weighted by atomic mass is 19.4. The number of amides is 1. The standard InChI is InChI=1S/C16H19F3N2O2/c1-11(2)8-9-13-10-15(23,16(17,18)19)21(20-13)14(22)12-6-4-3-5-7-12/h3-7,11,23H,8-10H2,1-2H3. The van der Waals surface area contributed by atoms with E-state index in [1.165, 1.54) is 12.1 Å². The molecule has 0 radical (unpaired) electrons. The number of benzene rings is 1. The van der Waals surface area contributed by atoms with Gasteiger partial charge in [0.05, 0.1) is 0 Å². The Labute approximate surface area is 132 Å². The molecule has 1 aliphatic rings. The van der Waals surface area contributed by atoms with Gasteiger partial charge >= 0.3 is 6.18 Å². The monoisotopic (exact) mass is 328 g/mol. The summed E-state index contributed by atoms with van der Waals surface area (Å²) in [5.41, 5.74) is -3.06. The Morgan fingerprint density at radius 3 is 2.48 bits per heavy atom. The second-order valence-electron chi connectivity index (χ2n) is 6.07. The lowest BCUT2D eigenvalue weighted by molar-refractivity contribution is -0.297. The largest absolute Gasteiger partial charge is 0.438 e. The third kappa shape index (κ3) is 3.55. The number of hydrazone groups is 1. The second-order valence-corrected chi connectivity index (χ2v) is 6.07. The average molecular weight is 328 g/mol. The van der Waals surface area contributed by atoms with Crippen LogP contribution in [0.25, 0.3) is 0 Å². The lowest BCUT2D eigenvalue weighted by atomic mass is 9.99. The Hall–Kier alpha value is -1.89. The van der Waals surface area contributed by atoms with Crippen LogP contribution < -0.4 is 0 Å². The first-order valence-electron chi connectivity index (χ1n) is 7.40. The zero-order valence-corrected chi connectivity index (χ0v) is 13.0. The molecule has 2 rings (SSSR count). The molecule has 1 aromatic rings. The molecule has 0 saturated carbocycles. The molecule has 1 amide bonds. The molecule has 1 heterocycles. The molecule has 1 aliphatic heterocycles. The van der Waals surface area contributed by atoms with Gasteiger partial charge in [0.25, 0.3) is 11.6 Å². The van der Waals surface area contributed by atoms with Gasteiger partial charge in [-0.1, -0.05) is 32.0 Å². The van der Waals surface area contributed by atoms with E-state index in [2.05, 4.69) is 5.10 Å². The van der Waals surface area contributed by atoms with Crippen LogP contribution >= 0.6 is 0 Å². The Kier molecular flexibility index (Phi) is 4.79. The summed E-state index contributed by atoms with van der Waals surface area (Å²) in [5.74, 6) is -0.680. The highest BCUT2D eigenvalue weighted by molar-refractivity contribution is 5.98. The first-order chi connectivity index (χ1) is 10.6. The summed E-state index contributed by atoms with van der Waals surface area (Å²) in [5, 5.41) is 14.1. The van der Waals surface area contributed by atoms with E-state index < -0.39 is 24.2 Å². The van der Waals surface area contributed by atoms with Crippen molar-refractivity contribution in [2.24, 2.45) is 11.0 Å². The quantitative estimate of drug-likeness (QED) is 0.918. The maximum atomic E-state index is 13.3. The van der Waals surface area contributed by atoms with Crippen LogP contribution in [0.1, 0.15) is 43.5 Å². The SMILES string of the molecule is CC(C)CCC1=NN(C(=O)c2ccccc2)C(O)(C(F)(F)F)C1. The summed E-state index contributed by atoms with van der Waals surface area (Å²) in [4.78, 5) is 12.4. The maximum absolute atomic E-state index is 13.3. The molecule has 0 bridgehead atoms. The van der Waals surface area contributed by atoms with Crippen LogP contribution in [0.4, 0.5) is 13.2 Å². The molecule has 0 spiro atoms. The van der Waals surface area contributed by atoms with Gasteiger partial charge in [0, 0.05) is 17.7 Å². The van der Waals surface area contributed by atoms with Gasteiger partial charge in [-0.3, -0.25) is 4.79 Å². The van der Waals surface area contributed by atoms with Gasteiger partial charge in [-0.05, 0) is 30.9 Å². The zero-order chi connectivity index (χ0) is 17.3. The molecule has 126 valence electrons. The minimum absolute atomic E-state index is 0.0454. The summed E-state index contributed by atoms with van der Waals surface area (Å²) in [6.07, 6.45) is -4.74. The number of aliphatic hydroxyl groups is 1. The second kappa shape index (κ2) is 6.31. The number of hydrogen-bond donors (Lipinski definition) is 1. The number of hydrogen-bond acceptors (Lipinski definition) is 3. The predicted octanol–water partition coefficient (Wildman–Crippen LogP) is 3.58. The smallest absolute Gasteiger partial charge is 0.362 e. The summed E-state index contributed by atoms with van der Waals surface area (Å²) in [6, 6.07) is 7.51. The van der Waals surface area contributed by atoms with E-state index in [1.807, 2.05) is 13.8 Å². The van der Waals surface area contributed by atoms with Gasteiger partial charge in [-0.25, -0.2) is 0 Å². The molecule has 4 nitrogen and oxygen atoms in total. The molecular formula is C16H19F3N2O2. The fraction of sp³-hybridized carbons (Fsp3) is 0.500. The van der Waals surface area contributed by atoms with Crippen molar-refractivity contribution in [3.05, 3.63) is 35.9 Å². The third-order valence-corrected chi connectivity index (χ3v) is 3.72. The molecule has 1 atom stereocenters. The molecule has 1 aromatic carbocycles. The molecule has 1 unspecified atom stereocenters. The van der Waals surface area contributed by atoms with Crippen LogP contribution in [0.5, 0.6) is 0 Å². The van der Waals surface area contributed by atoms with E-state index >= 15 is 0 Å². The lowest BCUT2D eigenvalue weighted by Crippen LogP contribution is -2.56. The maximum Gasteiger partial charge on any atom is 0.438 e. The predicted molar refractivity (Wildman–Crippen MR) is 79.7 cm³/mol. The molecular weight excluding hydrogens is 309 g/mol. The highest BCUT2D eigenvalue weighted by Gasteiger charge is 2.63. The number of carbonyl (C=O) groups excluding carboxylic acids is 1. The Balaban J connectivity index is 2.32. The molecule has 0 aliphatic carbocycles. The van der Waals surface area contributed by atoms with Gasteiger partial charge in [-0.2, -0.15) is 23.3 Å². The van der Waals surface area contributed by atoms with Crippen molar-refractivity contribution in [3.8, 4) is 0 Å². The first-order valence-corrected chi connectivity index (χ1v) is 7.40. The fourth-order valence-corrected chi connectivity index (χ4v) is 2.35. The van der Waals surface area contributed by atoms with Crippen molar-refractivity contribution < 1.29 is 23.1 Å². The van der Waals surface area contributed by atoms with Gasteiger partial charge in [0.15, 0.2) is 0 Å². The van der Waals surface area contributed by atoms with Crippen molar-refractivity contribution in [3.63, 3.8) is 0 Å². The minimum Gasteiger partial charge on any atom is -0.362 e. The number of alkyl halides is 3. The van der Waals surface area contributed by atoms with Crippen LogP contribution in [-0.2, 0) is 0 Å². The molecule has 0 fully saturated rings. The van der Waals surface area contributed by atoms with Crippen LogP contribution in [0.15, 0.2) is 35.4 Å². The van der Waals surface area contributed by atoms with Crippen molar-refractivity contribution in [2.75, 3.05) is 0 Å². The van der Waals surface area contributed by atoms with Gasteiger partial charge in [-0.15, -0.1) is 0 Å². The molecule has 7 heteroatoms. The topological polar surface area (TPSA) is 52.9 Å². The number of carbonyl (C=O) groups is 1. The summed E-state index contributed by atoms with van der Waals surface area (Å²) >= 11 is 0. The minimum atomic E-state index is -4.99. The van der Waals surface area contributed by atoms with Crippen LogP contribution in [0, 0.1) is 5.92 Å². The Morgan fingerprint density at radius 2 is 1.96 bits per heavy atom. The van der Waals surface area contributed by atoms with E-state index in [4.69, 9.17) is 0 Å². The number of nitrogens with zero attached hydrogens (tertiary/aromatic N) is 2. The van der Waals surface area contributed by atoms with E-state index in [9.17, 15) is 23.1 Å². The Morgan fingerprint density at radius 1 is 1.35 bits per heavy atom. The van der Waals surface area contributed by atoms with Gasteiger partial charge < -0.3 is 5.11 Å². The summed E-state index contributed by atoms with van der Waals surface area (Å²) in [7, 11) is 0. The van der Waals surface area contributed by atoms with Crippen LogP contribution in [0.2, 0.25) is 0 Å². The fourth-order valence-electron chi connectivity index (χ4n) is 2.35. The Bertz CT molecular complexity index is 599. The molecule has 0 saturated heterocycles. The average Bonchev–Trinajstić information content (AvgIpc) is 2.83. The van der Waals surface area contributed by atoms with Crippen molar-refractivity contribution >= 4 is 11.6 Å². The zero-order valence-electron chi connectivity index (χ0n) is 13.0. The van der Waals surface area contributed by atoms with E-state index in [1.54, 1.807) is 18.2 Å². The van der Waals surface area contributed by atoms with Crippen molar-refractivity contribution in [2.45, 2.75) is 45.0 Å². The van der Waals surface area contributed by atoms with Crippen LogP contribution in [-0.4, -0.2) is 33.6 Å². The van der Waals surface area contributed by atoms with Crippen molar-refractivity contribution in [1.82, 2.24) is 5.01 Å². The van der Waals surface area contributed by atoms with Crippen LogP contribution in [0.3, 0.4) is 0 Å². The van der Waals surface area contributed by atoms with E-state index in [-0.39, 0.29) is 22.2 Å². The van der Waals surface area contributed by atoms with Crippen molar-refractivity contribution in [1.29, 1.82) is 0 Å². The van der Waals surface area contributed by atoms with Gasteiger partial charge in [0.1, 0.15) is 0 Å². The lowest BCUT2D eigenvalue weighted by Gasteiger charge is -2.32. The first kappa shape index (κ1) is 17.5. The highest BCUT2D eigenvalue weighted by Crippen LogP contribution is 2.41. The summed E-state index contributed by atoms with van der Waals surface area (Å²) < 4.78 is 40.0. The normalized spacial score (nSPS) is 21.7. The number of halogens is 3. The number of rotatable bonds is 4. The van der Waals surface area contributed by atoms with E-state index in [0.29, 0.717) is 12.8 Å². The molecule has 0 aromatic heterocycles. The van der Waals surface area contributed by atoms with Gasteiger partial charge in [0.2, 0.25) is 0 Å². The summed E-state index contributed by atoms with van der Waals surface area (Å²) in [6.45, 7) is 3.89. The van der Waals surface area contributed by atoms with E-state index in [0.717, 1.165) is 0 Å². The third-order valence-electron chi connectivity index (χ3n) is 3.72.